The number of aryl methyl sites for hydroxylation is 3. The molecule has 78 valence electrons. The van der Waals surface area contributed by atoms with Crippen molar-refractivity contribution >= 4 is 0 Å². The number of aromatic nitrogens is 1. The van der Waals surface area contributed by atoms with E-state index < -0.39 is 0 Å². The Morgan fingerprint density at radius 3 is 2.07 bits per heavy atom. The maximum absolute atomic E-state index is 9.47. The molecule has 1 heterocycles. The molecular weight excluding hydrogens is 186 g/mol. The molecule has 1 N–H and O–H groups in total. The van der Waals surface area contributed by atoms with Gasteiger partial charge in [0.15, 0.2) is 0 Å². The number of benzene rings is 1. The van der Waals surface area contributed by atoms with Crippen molar-refractivity contribution < 1.29 is 5.11 Å². The van der Waals surface area contributed by atoms with E-state index in [9.17, 15) is 5.11 Å². The van der Waals surface area contributed by atoms with Crippen LogP contribution in [0.15, 0.2) is 30.3 Å². The molecule has 1 aromatic heterocycles. The van der Waals surface area contributed by atoms with Crippen molar-refractivity contribution in [2.45, 2.75) is 20.8 Å². The van der Waals surface area contributed by atoms with Crippen LogP contribution in [0.4, 0.5) is 0 Å². The number of phenolic OH excluding ortho intramolecular Hbond substituents is 1. The molecule has 15 heavy (non-hydrogen) atoms. The largest absolute Gasteiger partial charge is 0.508 e. The molecule has 0 saturated carbocycles. The first-order valence-electron chi connectivity index (χ1n) is 5.04. The van der Waals surface area contributed by atoms with E-state index in [1.54, 1.807) is 6.07 Å². The second kappa shape index (κ2) is 3.46. The molecule has 0 saturated heterocycles. The van der Waals surface area contributed by atoms with Crippen LogP contribution in [0.5, 0.6) is 5.75 Å². The molecule has 0 radical (unpaired) electrons. The molecule has 0 unspecified atom stereocenters. The Kier molecular flexibility index (Phi) is 2.27. The monoisotopic (exact) mass is 201 g/mol. The van der Waals surface area contributed by atoms with E-state index in [4.69, 9.17) is 0 Å². The van der Waals surface area contributed by atoms with Crippen LogP contribution in [0.2, 0.25) is 0 Å². The first kappa shape index (κ1) is 9.84. The third-order valence-electron chi connectivity index (χ3n) is 2.71. The topological polar surface area (TPSA) is 25.2 Å². The van der Waals surface area contributed by atoms with Crippen molar-refractivity contribution in [3.63, 3.8) is 0 Å². The Labute approximate surface area is 89.8 Å². The van der Waals surface area contributed by atoms with Gasteiger partial charge in [-0.3, -0.25) is 0 Å². The highest BCUT2D eigenvalue weighted by Crippen LogP contribution is 2.22. The van der Waals surface area contributed by atoms with E-state index in [1.165, 1.54) is 11.4 Å². The van der Waals surface area contributed by atoms with Gasteiger partial charge >= 0.3 is 0 Å². The van der Waals surface area contributed by atoms with Crippen LogP contribution in [-0.2, 0) is 0 Å². The molecule has 0 atom stereocenters. The summed E-state index contributed by atoms with van der Waals surface area (Å²) in [5.41, 5.74) is 4.42. The van der Waals surface area contributed by atoms with Crippen molar-refractivity contribution in [3.8, 4) is 11.4 Å². The summed E-state index contributed by atoms with van der Waals surface area (Å²) in [6.45, 7) is 6.07. The fraction of sp³-hybridized carbons (Fsp3) is 0.231. The highest BCUT2D eigenvalue weighted by atomic mass is 16.3. The Balaban J connectivity index is 2.59. The fourth-order valence-corrected chi connectivity index (χ4v) is 1.85. The van der Waals surface area contributed by atoms with E-state index in [-0.39, 0.29) is 0 Å². The lowest BCUT2D eigenvalue weighted by Crippen LogP contribution is -1.98. The van der Waals surface area contributed by atoms with Gasteiger partial charge in [-0.25, -0.2) is 0 Å². The van der Waals surface area contributed by atoms with Gasteiger partial charge in [-0.05, 0) is 56.7 Å². The van der Waals surface area contributed by atoms with Crippen LogP contribution >= 0.6 is 0 Å². The molecule has 0 amide bonds. The van der Waals surface area contributed by atoms with Gasteiger partial charge in [-0.15, -0.1) is 0 Å². The van der Waals surface area contributed by atoms with Crippen LogP contribution in [0.3, 0.4) is 0 Å². The molecule has 0 spiro atoms. The van der Waals surface area contributed by atoms with Gasteiger partial charge < -0.3 is 9.67 Å². The minimum Gasteiger partial charge on any atom is -0.508 e. The Morgan fingerprint density at radius 1 is 0.933 bits per heavy atom. The molecule has 2 heteroatoms. The zero-order valence-corrected chi connectivity index (χ0v) is 9.28. The van der Waals surface area contributed by atoms with Crippen LogP contribution in [-0.4, -0.2) is 9.67 Å². The quantitative estimate of drug-likeness (QED) is 0.753. The van der Waals surface area contributed by atoms with Crippen molar-refractivity contribution in [1.29, 1.82) is 0 Å². The summed E-state index contributed by atoms with van der Waals surface area (Å²) in [6, 6.07) is 9.86. The third-order valence-corrected chi connectivity index (χ3v) is 2.71. The van der Waals surface area contributed by atoms with Crippen LogP contribution < -0.4 is 0 Å². The average Bonchev–Trinajstić information content (AvgIpc) is 2.52. The maximum Gasteiger partial charge on any atom is 0.118 e. The van der Waals surface area contributed by atoms with E-state index >= 15 is 0 Å². The van der Waals surface area contributed by atoms with E-state index in [0.717, 1.165) is 11.3 Å². The summed E-state index contributed by atoms with van der Waals surface area (Å²) in [4.78, 5) is 0. The fourth-order valence-electron chi connectivity index (χ4n) is 1.85. The summed E-state index contributed by atoms with van der Waals surface area (Å²) in [5, 5.41) is 9.47. The summed E-state index contributed by atoms with van der Waals surface area (Å²) in [5.74, 6) is 0.348. The van der Waals surface area contributed by atoms with E-state index in [0.29, 0.717) is 5.75 Å². The summed E-state index contributed by atoms with van der Waals surface area (Å²) >= 11 is 0. The Hall–Kier alpha value is -1.70. The summed E-state index contributed by atoms with van der Waals surface area (Å²) in [6.07, 6.45) is 0. The van der Waals surface area contributed by atoms with Crippen molar-refractivity contribution in [3.05, 3.63) is 47.3 Å². The van der Waals surface area contributed by atoms with Crippen LogP contribution in [0.1, 0.15) is 17.0 Å². The number of rotatable bonds is 1. The minimum atomic E-state index is 0.348. The molecule has 0 aliphatic heterocycles. The molecule has 2 aromatic rings. The highest BCUT2D eigenvalue weighted by molar-refractivity contribution is 5.45. The number of hydrogen-bond donors (Lipinski definition) is 1. The molecule has 0 fully saturated rings. The lowest BCUT2D eigenvalue weighted by Gasteiger charge is -2.10. The highest BCUT2D eigenvalue weighted by Gasteiger charge is 2.05. The second-order valence-electron chi connectivity index (χ2n) is 3.92. The summed E-state index contributed by atoms with van der Waals surface area (Å²) in [7, 11) is 0. The second-order valence-corrected chi connectivity index (χ2v) is 3.92. The molecule has 0 bridgehead atoms. The molecule has 2 nitrogen and oxygen atoms in total. The smallest absolute Gasteiger partial charge is 0.118 e. The Bertz CT molecular complexity index is 478. The molecule has 1 aromatic carbocycles. The first-order valence-corrected chi connectivity index (χ1v) is 5.04. The van der Waals surface area contributed by atoms with Crippen molar-refractivity contribution in [2.75, 3.05) is 0 Å². The molecular formula is C13H15NO. The molecule has 0 aliphatic carbocycles. The van der Waals surface area contributed by atoms with E-state index in [2.05, 4.69) is 30.5 Å². The van der Waals surface area contributed by atoms with Gasteiger partial charge in [-0.2, -0.15) is 0 Å². The lowest BCUT2D eigenvalue weighted by molar-refractivity contribution is 0.471. The van der Waals surface area contributed by atoms with Gasteiger partial charge in [0, 0.05) is 17.1 Å². The standard InChI is InChI=1S/C13H15NO/c1-9-8-12(6-7-13(9)15)14-10(2)4-5-11(14)3/h4-8,15H,1-3H3. The number of aromatic hydroxyl groups is 1. The number of hydrogen-bond acceptors (Lipinski definition) is 1. The van der Waals surface area contributed by atoms with Gasteiger partial charge in [-0.1, -0.05) is 0 Å². The lowest BCUT2D eigenvalue weighted by atomic mass is 10.2. The summed E-state index contributed by atoms with van der Waals surface area (Å²) < 4.78 is 2.17. The zero-order chi connectivity index (χ0) is 11.0. The third kappa shape index (κ3) is 1.63. The van der Waals surface area contributed by atoms with Gasteiger partial charge in [0.2, 0.25) is 0 Å². The maximum atomic E-state index is 9.47. The normalized spacial score (nSPS) is 10.6. The van der Waals surface area contributed by atoms with E-state index in [1.807, 2.05) is 19.1 Å². The van der Waals surface area contributed by atoms with Crippen LogP contribution in [0.25, 0.3) is 5.69 Å². The number of nitrogens with zero attached hydrogens (tertiary/aromatic N) is 1. The molecule has 2 rings (SSSR count). The average molecular weight is 201 g/mol. The zero-order valence-electron chi connectivity index (χ0n) is 9.28. The SMILES string of the molecule is Cc1cc(-n2c(C)ccc2C)ccc1O. The Morgan fingerprint density at radius 2 is 1.53 bits per heavy atom. The van der Waals surface area contributed by atoms with Crippen molar-refractivity contribution in [2.24, 2.45) is 0 Å². The van der Waals surface area contributed by atoms with Gasteiger partial charge in [0.1, 0.15) is 5.75 Å². The molecule has 0 aliphatic rings. The predicted octanol–water partition coefficient (Wildman–Crippen LogP) is 3.11. The van der Waals surface area contributed by atoms with Crippen molar-refractivity contribution in [1.82, 2.24) is 4.57 Å². The number of phenols is 1. The van der Waals surface area contributed by atoms with Crippen LogP contribution in [0, 0.1) is 20.8 Å². The first-order chi connectivity index (χ1) is 7.09. The minimum absolute atomic E-state index is 0.348. The van der Waals surface area contributed by atoms with Gasteiger partial charge in [0.05, 0.1) is 0 Å². The van der Waals surface area contributed by atoms with Gasteiger partial charge in [0.25, 0.3) is 0 Å². The predicted molar refractivity (Wildman–Crippen MR) is 61.6 cm³/mol.